The van der Waals surface area contributed by atoms with Gasteiger partial charge in [-0.2, -0.15) is 0 Å². The molecule has 0 radical (unpaired) electrons. The minimum absolute atomic E-state index is 0.178. The lowest BCUT2D eigenvalue weighted by atomic mass is 10.1. The molecule has 0 saturated carbocycles. The Bertz CT molecular complexity index is 636. The first kappa shape index (κ1) is 15.2. The topological polar surface area (TPSA) is 55.2 Å². The summed E-state index contributed by atoms with van der Waals surface area (Å²) in [6.07, 6.45) is 0. The van der Waals surface area contributed by atoms with Gasteiger partial charge in [-0.3, -0.25) is 10.1 Å². The van der Waals surface area contributed by atoms with E-state index in [4.69, 9.17) is 0 Å². The molecule has 2 aromatic carbocycles. The molecule has 4 nitrogen and oxygen atoms in total. The van der Waals surface area contributed by atoms with Gasteiger partial charge in [-0.25, -0.2) is 0 Å². The highest BCUT2D eigenvalue weighted by Crippen LogP contribution is 2.20. The molecule has 0 heterocycles. The zero-order valence-corrected chi connectivity index (χ0v) is 12.6. The van der Waals surface area contributed by atoms with Crippen LogP contribution in [0, 0.1) is 24.0 Å². The van der Waals surface area contributed by atoms with Gasteiger partial charge in [-0.1, -0.05) is 42.0 Å². The fraction of sp³-hybridized carbons (Fsp3) is 0.294. The third-order valence-corrected chi connectivity index (χ3v) is 3.66. The van der Waals surface area contributed by atoms with Crippen LogP contribution < -0.4 is 5.32 Å². The van der Waals surface area contributed by atoms with Crippen LogP contribution in [0.4, 0.5) is 5.69 Å². The average Bonchev–Trinajstić information content (AvgIpc) is 2.46. The monoisotopic (exact) mass is 284 g/mol. The van der Waals surface area contributed by atoms with E-state index in [0.717, 1.165) is 5.56 Å². The molecule has 2 rings (SSSR count). The summed E-state index contributed by atoms with van der Waals surface area (Å²) in [6, 6.07) is 13.9. The maximum absolute atomic E-state index is 11.0. The molecular weight excluding hydrogens is 264 g/mol. The molecule has 0 amide bonds. The minimum Gasteiger partial charge on any atom is -0.306 e. The molecule has 0 aliphatic carbocycles. The third-order valence-electron chi connectivity index (χ3n) is 3.66. The van der Waals surface area contributed by atoms with Crippen molar-refractivity contribution < 1.29 is 4.92 Å². The largest absolute Gasteiger partial charge is 0.306 e. The van der Waals surface area contributed by atoms with Gasteiger partial charge in [-0.15, -0.1) is 0 Å². The highest BCUT2D eigenvalue weighted by atomic mass is 16.6. The molecule has 0 saturated heterocycles. The van der Waals surface area contributed by atoms with Crippen molar-refractivity contribution in [2.75, 3.05) is 0 Å². The highest BCUT2D eigenvalue weighted by Gasteiger charge is 2.11. The molecule has 21 heavy (non-hydrogen) atoms. The number of nitro benzene ring substituents is 1. The number of nitrogens with one attached hydrogen (secondary N) is 1. The van der Waals surface area contributed by atoms with Crippen molar-refractivity contribution in [3.05, 3.63) is 74.8 Å². The first-order valence-corrected chi connectivity index (χ1v) is 7.01. The third kappa shape index (κ3) is 3.89. The summed E-state index contributed by atoms with van der Waals surface area (Å²) in [4.78, 5) is 10.6. The van der Waals surface area contributed by atoms with Crippen molar-refractivity contribution >= 4 is 5.69 Å². The average molecular weight is 284 g/mol. The van der Waals surface area contributed by atoms with Crippen LogP contribution in [-0.4, -0.2) is 4.92 Å². The number of benzene rings is 2. The number of aryl methyl sites for hydroxylation is 2. The lowest BCUT2D eigenvalue weighted by Gasteiger charge is -2.14. The van der Waals surface area contributed by atoms with Crippen molar-refractivity contribution in [2.45, 2.75) is 33.4 Å². The zero-order valence-electron chi connectivity index (χ0n) is 12.6. The molecule has 0 bridgehead atoms. The Kier molecular flexibility index (Phi) is 4.70. The molecule has 0 fully saturated rings. The fourth-order valence-electron chi connectivity index (χ4n) is 2.21. The van der Waals surface area contributed by atoms with E-state index in [2.05, 4.69) is 43.4 Å². The van der Waals surface area contributed by atoms with E-state index in [-0.39, 0.29) is 16.7 Å². The molecule has 0 spiro atoms. The summed E-state index contributed by atoms with van der Waals surface area (Å²) in [5, 5.41) is 14.3. The Labute approximate surface area is 125 Å². The van der Waals surface area contributed by atoms with Crippen molar-refractivity contribution in [3.8, 4) is 0 Å². The predicted octanol–water partition coefficient (Wildman–Crippen LogP) is 4.06. The second kappa shape index (κ2) is 6.50. The van der Waals surface area contributed by atoms with Crippen LogP contribution in [0.3, 0.4) is 0 Å². The Morgan fingerprint density at radius 1 is 1.14 bits per heavy atom. The smallest absolute Gasteiger partial charge is 0.272 e. The molecule has 0 unspecified atom stereocenters. The molecule has 110 valence electrons. The van der Waals surface area contributed by atoms with Crippen LogP contribution in [0.2, 0.25) is 0 Å². The number of rotatable bonds is 5. The molecule has 1 atom stereocenters. The van der Waals surface area contributed by atoms with E-state index in [9.17, 15) is 10.1 Å². The van der Waals surface area contributed by atoms with Gasteiger partial charge in [0.2, 0.25) is 0 Å². The van der Waals surface area contributed by atoms with E-state index < -0.39 is 0 Å². The summed E-state index contributed by atoms with van der Waals surface area (Å²) in [5.74, 6) is 0. The van der Waals surface area contributed by atoms with Crippen LogP contribution in [-0.2, 0) is 6.54 Å². The van der Waals surface area contributed by atoms with Gasteiger partial charge >= 0.3 is 0 Å². The summed E-state index contributed by atoms with van der Waals surface area (Å²) in [5.41, 5.74) is 4.24. The van der Waals surface area contributed by atoms with Gasteiger partial charge in [0.15, 0.2) is 0 Å². The van der Waals surface area contributed by atoms with Gasteiger partial charge in [0.25, 0.3) is 5.69 Å². The SMILES string of the molecule is Cc1ccc([C@@H](C)NCc2ccc(C)c([N+](=O)[O-])c2)cc1. The molecule has 2 aromatic rings. The Morgan fingerprint density at radius 3 is 2.43 bits per heavy atom. The predicted molar refractivity (Wildman–Crippen MR) is 84.3 cm³/mol. The van der Waals surface area contributed by atoms with Crippen molar-refractivity contribution in [1.29, 1.82) is 0 Å². The first-order valence-electron chi connectivity index (χ1n) is 7.01. The quantitative estimate of drug-likeness (QED) is 0.665. The maximum atomic E-state index is 11.0. The van der Waals surface area contributed by atoms with Gasteiger partial charge < -0.3 is 5.32 Å². The molecule has 1 N–H and O–H groups in total. The van der Waals surface area contributed by atoms with Gasteiger partial charge in [0.05, 0.1) is 4.92 Å². The van der Waals surface area contributed by atoms with Crippen molar-refractivity contribution in [2.24, 2.45) is 0 Å². The van der Waals surface area contributed by atoms with E-state index in [0.29, 0.717) is 12.1 Å². The Morgan fingerprint density at radius 2 is 1.81 bits per heavy atom. The maximum Gasteiger partial charge on any atom is 0.272 e. The summed E-state index contributed by atoms with van der Waals surface area (Å²) in [7, 11) is 0. The summed E-state index contributed by atoms with van der Waals surface area (Å²) in [6.45, 7) is 6.51. The van der Waals surface area contributed by atoms with Crippen LogP contribution in [0.25, 0.3) is 0 Å². The number of nitro groups is 1. The molecule has 4 heteroatoms. The van der Waals surface area contributed by atoms with Crippen LogP contribution in [0.1, 0.15) is 35.2 Å². The normalized spacial score (nSPS) is 12.1. The van der Waals surface area contributed by atoms with Crippen LogP contribution in [0.5, 0.6) is 0 Å². The van der Waals surface area contributed by atoms with E-state index >= 15 is 0 Å². The molecule has 0 aromatic heterocycles. The van der Waals surface area contributed by atoms with Gasteiger partial charge in [0.1, 0.15) is 0 Å². The lowest BCUT2D eigenvalue weighted by molar-refractivity contribution is -0.385. The summed E-state index contributed by atoms with van der Waals surface area (Å²) < 4.78 is 0. The second-order valence-corrected chi connectivity index (χ2v) is 5.39. The number of hydrogen-bond donors (Lipinski definition) is 1. The highest BCUT2D eigenvalue weighted by molar-refractivity contribution is 5.42. The minimum atomic E-state index is -0.331. The summed E-state index contributed by atoms with van der Waals surface area (Å²) >= 11 is 0. The first-order chi connectivity index (χ1) is 9.97. The van der Waals surface area contributed by atoms with Gasteiger partial charge in [0, 0.05) is 24.2 Å². The second-order valence-electron chi connectivity index (χ2n) is 5.39. The van der Waals surface area contributed by atoms with E-state index in [1.807, 2.05) is 6.07 Å². The van der Waals surface area contributed by atoms with Crippen molar-refractivity contribution in [1.82, 2.24) is 5.32 Å². The molecular formula is C17H20N2O2. The Balaban J connectivity index is 2.04. The molecule has 0 aliphatic heterocycles. The number of hydrogen-bond acceptors (Lipinski definition) is 3. The lowest BCUT2D eigenvalue weighted by Crippen LogP contribution is -2.18. The van der Waals surface area contributed by atoms with Crippen LogP contribution in [0.15, 0.2) is 42.5 Å². The van der Waals surface area contributed by atoms with Gasteiger partial charge in [-0.05, 0) is 31.9 Å². The van der Waals surface area contributed by atoms with E-state index in [1.54, 1.807) is 19.1 Å². The van der Waals surface area contributed by atoms with Crippen LogP contribution >= 0.6 is 0 Å². The fourth-order valence-corrected chi connectivity index (χ4v) is 2.21. The standard InChI is InChI=1S/C17H20N2O2/c1-12-4-8-16(9-5-12)14(3)18-11-15-7-6-13(2)17(10-15)19(20)21/h4-10,14,18H,11H2,1-3H3/t14-/m1/s1. The van der Waals surface area contributed by atoms with E-state index in [1.165, 1.54) is 11.1 Å². The number of nitrogens with zero attached hydrogens (tertiary/aromatic N) is 1. The Hall–Kier alpha value is -2.20. The zero-order chi connectivity index (χ0) is 15.4. The molecule has 0 aliphatic rings. The van der Waals surface area contributed by atoms with Crippen molar-refractivity contribution in [3.63, 3.8) is 0 Å².